The van der Waals surface area contributed by atoms with Crippen molar-refractivity contribution in [3.8, 4) is 11.4 Å². The lowest BCUT2D eigenvalue weighted by Crippen LogP contribution is -2.29. The monoisotopic (exact) mass is 605 g/mol. The molecule has 2 amide bonds. The fourth-order valence-corrected chi connectivity index (χ4v) is 6.70. The van der Waals surface area contributed by atoms with Crippen LogP contribution in [-0.2, 0) is 33.7 Å². The van der Waals surface area contributed by atoms with Crippen LogP contribution >= 0.6 is 23.1 Å². The second-order valence-corrected chi connectivity index (χ2v) is 11.6. The van der Waals surface area contributed by atoms with Gasteiger partial charge in [-0.1, -0.05) is 42.1 Å². The maximum atomic E-state index is 13.1. The van der Waals surface area contributed by atoms with Crippen molar-refractivity contribution >= 4 is 45.9 Å². The highest BCUT2D eigenvalue weighted by molar-refractivity contribution is 7.99. The number of thiophene rings is 1. The van der Waals surface area contributed by atoms with Gasteiger partial charge in [0.05, 0.1) is 24.5 Å². The lowest BCUT2D eigenvalue weighted by atomic mass is 10.1. The molecule has 0 saturated carbocycles. The topological polar surface area (TPSA) is 124 Å². The molecule has 5 rings (SSSR count). The Morgan fingerprint density at radius 1 is 1.05 bits per heavy atom. The molecule has 42 heavy (non-hydrogen) atoms. The van der Waals surface area contributed by atoms with Gasteiger partial charge in [0.25, 0.3) is 5.91 Å². The summed E-state index contributed by atoms with van der Waals surface area (Å²) in [7, 11) is 0. The van der Waals surface area contributed by atoms with Crippen LogP contribution in [0.1, 0.15) is 45.5 Å². The quantitative estimate of drug-likeness (QED) is 0.176. The van der Waals surface area contributed by atoms with E-state index in [0.717, 1.165) is 41.0 Å². The third-order valence-corrected chi connectivity index (χ3v) is 8.64. The molecule has 2 aromatic heterocycles. The number of rotatable bonds is 12. The molecule has 0 fully saturated rings. The average Bonchev–Trinajstić information content (AvgIpc) is 3.69. The molecule has 0 radical (unpaired) electrons. The maximum Gasteiger partial charge on any atom is 0.341 e. The van der Waals surface area contributed by atoms with Crippen LogP contribution in [0.15, 0.2) is 59.8 Å². The third kappa shape index (κ3) is 7.00. The van der Waals surface area contributed by atoms with Crippen LogP contribution in [0.25, 0.3) is 5.69 Å². The lowest BCUT2D eigenvalue weighted by Gasteiger charge is -2.12. The first-order valence-electron chi connectivity index (χ1n) is 13.6. The highest BCUT2D eigenvalue weighted by atomic mass is 32.2. The summed E-state index contributed by atoms with van der Waals surface area (Å²) in [4.78, 5) is 39.3. The fourth-order valence-electron chi connectivity index (χ4n) is 4.63. The van der Waals surface area contributed by atoms with E-state index in [0.29, 0.717) is 27.3 Å². The van der Waals surface area contributed by atoms with Gasteiger partial charge in [-0.3, -0.25) is 14.2 Å². The number of nitrogens with one attached hydrogen (secondary N) is 2. The number of para-hydroxylation sites is 1. The standard InChI is InChI=1S/C30H31N5O5S2/c1-3-39-29(38)27-22-13-8-14-23(22)42-28(27)32-26(37)18-41-30-34-33-24(35(30)20-10-7-9-19(2)15-20)16-31-25(36)17-40-21-11-5-4-6-12-21/h4-7,9-12,15H,3,8,13-14,16-18H2,1-2H3,(H,31,36)(H,32,37). The first-order valence-corrected chi connectivity index (χ1v) is 15.4. The van der Waals surface area contributed by atoms with E-state index >= 15 is 0 Å². The molecule has 4 aromatic rings. The van der Waals surface area contributed by atoms with Gasteiger partial charge in [0.2, 0.25) is 5.91 Å². The van der Waals surface area contributed by atoms with Gasteiger partial charge in [-0.15, -0.1) is 21.5 Å². The zero-order valence-corrected chi connectivity index (χ0v) is 25.0. The zero-order valence-electron chi connectivity index (χ0n) is 23.3. The molecular weight excluding hydrogens is 574 g/mol. The summed E-state index contributed by atoms with van der Waals surface area (Å²) in [5.41, 5.74) is 3.32. The van der Waals surface area contributed by atoms with E-state index in [1.807, 2.05) is 54.0 Å². The Hall–Kier alpha value is -4.16. The summed E-state index contributed by atoms with van der Waals surface area (Å²) in [6.45, 7) is 4.00. The van der Waals surface area contributed by atoms with Crippen LogP contribution in [0.2, 0.25) is 0 Å². The molecule has 12 heteroatoms. The van der Waals surface area contributed by atoms with E-state index in [9.17, 15) is 14.4 Å². The molecule has 0 atom stereocenters. The minimum absolute atomic E-state index is 0.0477. The van der Waals surface area contributed by atoms with E-state index in [4.69, 9.17) is 9.47 Å². The second-order valence-electron chi connectivity index (χ2n) is 9.57. The third-order valence-electron chi connectivity index (χ3n) is 6.50. The van der Waals surface area contributed by atoms with E-state index in [-0.39, 0.29) is 37.3 Å². The Labute approximate surface area is 251 Å². The van der Waals surface area contributed by atoms with Crippen molar-refractivity contribution in [2.75, 3.05) is 24.3 Å². The maximum absolute atomic E-state index is 13.1. The number of aryl methyl sites for hydroxylation is 2. The second kappa shape index (κ2) is 13.7. The van der Waals surface area contributed by atoms with E-state index in [2.05, 4.69) is 20.8 Å². The number of hydrogen-bond acceptors (Lipinski definition) is 9. The van der Waals surface area contributed by atoms with E-state index in [1.165, 1.54) is 23.1 Å². The number of anilines is 1. The minimum Gasteiger partial charge on any atom is -0.484 e. The minimum atomic E-state index is -0.403. The molecule has 0 aliphatic heterocycles. The van der Waals surface area contributed by atoms with Crippen LogP contribution in [0.5, 0.6) is 5.75 Å². The summed E-state index contributed by atoms with van der Waals surface area (Å²) >= 11 is 2.67. The number of nitrogens with zero attached hydrogens (tertiary/aromatic N) is 3. The Kier molecular flexibility index (Phi) is 9.55. The summed E-state index contributed by atoms with van der Waals surface area (Å²) in [6.07, 6.45) is 2.70. The summed E-state index contributed by atoms with van der Waals surface area (Å²) < 4.78 is 12.6. The number of carbonyl (C=O) groups excluding carboxylic acids is 3. The Morgan fingerprint density at radius 3 is 2.67 bits per heavy atom. The molecule has 218 valence electrons. The van der Waals surface area contributed by atoms with Crippen molar-refractivity contribution in [3.05, 3.63) is 82.0 Å². The number of benzene rings is 2. The first kappa shape index (κ1) is 29.3. The van der Waals surface area contributed by atoms with Crippen LogP contribution in [-0.4, -0.2) is 51.5 Å². The number of amides is 2. The van der Waals surface area contributed by atoms with Crippen molar-refractivity contribution in [1.29, 1.82) is 0 Å². The van der Waals surface area contributed by atoms with Crippen molar-refractivity contribution < 1.29 is 23.9 Å². The molecule has 2 aromatic carbocycles. The molecule has 1 aliphatic carbocycles. The van der Waals surface area contributed by atoms with E-state index in [1.54, 1.807) is 19.1 Å². The normalized spacial score (nSPS) is 12.0. The highest BCUT2D eigenvalue weighted by Crippen LogP contribution is 2.39. The van der Waals surface area contributed by atoms with Crippen molar-refractivity contribution in [2.24, 2.45) is 0 Å². The summed E-state index contributed by atoms with van der Waals surface area (Å²) in [5.74, 6) is 0.194. The van der Waals surface area contributed by atoms with Gasteiger partial charge in [0.15, 0.2) is 17.6 Å². The molecular formula is C30H31N5O5S2. The number of ether oxygens (including phenoxy) is 2. The number of fused-ring (bicyclic) bond motifs is 1. The number of aromatic nitrogens is 3. The van der Waals surface area contributed by atoms with Gasteiger partial charge >= 0.3 is 5.97 Å². The summed E-state index contributed by atoms with van der Waals surface area (Å²) in [5, 5.41) is 15.4. The largest absolute Gasteiger partial charge is 0.484 e. The Morgan fingerprint density at radius 2 is 1.88 bits per heavy atom. The number of esters is 1. The summed E-state index contributed by atoms with van der Waals surface area (Å²) in [6, 6.07) is 16.9. The van der Waals surface area contributed by atoms with E-state index < -0.39 is 5.97 Å². The Bertz CT molecular complexity index is 1580. The smallest absolute Gasteiger partial charge is 0.341 e. The molecule has 0 unspecified atom stereocenters. The molecule has 10 nitrogen and oxygen atoms in total. The van der Waals surface area contributed by atoms with Crippen molar-refractivity contribution in [1.82, 2.24) is 20.1 Å². The molecule has 0 saturated heterocycles. The number of thioether (sulfide) groups is 1. The number of carbonyl (C=O) groups is 3. The van der Waals surface area contributed by atoms with Crippen LogP contribution in [0, 0.1) is 6.92 Å². The average molecular weight is 606 g/mol. The van der Waals surface area contributed by atoms with Crippen molar-refractivity contribution in [3.63, 3.8) is 0 Å². The molecule has 2 N–H and O–H groups in total. The van der Waals surface area contributed by atoms with Crippen molar-refractivity contribution in [2.45, 2.75) is 44.8 Å². The van der Waals surface area contributed by atoms with Crippen LogP contribution in [0.3, 0.4) is 0 Å². The van der Waals surface area contributed by atoms with Gasteiger partial charge in [0.1, 0.15) is 10.8 Å². The first-order chi connectivity index (χ1) is 20.4. The van der Waals surface area contributed by atoms with Crippen LogP contribution < -0.4 is 15.4 Å². The van der Waals surface area contributed by atoms with Gasteiger partial charge in [0, 0.05) is 10.6 Å². The Balaban J connectivity index is 1.27. The fraction of sp³-hybridized carbons (Fsp3) is 0.300. The van der Waals surface area contributed by atoms with Gasteiger partial charge < -0.3 is 20.1 Å². The predicted molar refractivity (Wildman–Crippen MR) is 162 cm³/mol. The van der Waals surface area contributed by atoms with Gasteiger partial charge in [-0.2, -0.15) is 0 Å². The SMILES string of the molecule is CCOC(=O)c1c(NC(=O)CSc2nnc(CNC(=O)COc3ccccc3)n2-c2cccc(C)c2)sc2c1CCC2. The van der Waals surface area contributed by atoms with Crippen LogP contribution in [0.4, 0.5) is 5.00 Å². The lowest BCUT2D eigenvalue weighted by molar-refractivity contribution is -0.123. The number of hydrogen-bond donors (Lipinski definition) is 2. The molecule has 0 bridgehead atoms. The molecule has 0 spiro atoms. The highest BCUT2D eigenvalue weighted by Gasteiger charge is 2.28. The van der Waals surface area contributed by atoms with Gasteiger partial charge in [-0.05, 0) is 68.5 Å². The zero-order chi connectivity index (χ0) is 29.5. The van der Waals surface area contributed by atoms with Gasteiger partial charge in [-0.25, -0.2) is 4.79 Å². The molecule has 1 aliphatic rings. The molecule has 2 heterocycles. The predicted octanol–water partition coefficient (Wildman–Crippen LogP) is 4.73.